The number of methoxy groups -OCH3 is 1. The van der Waals surface area contributed by atoms with Gasteiger partial charge >= 0.3 is 0 Å². The van der Waals surface area contributed by atoms with Gasteiger partial charge in [0.1, 0.15) is 11.5 Å². The molecule has 0 atom stereocenters. The van der Waals surface area contributed by atoms with E-state index in [9.17, 15) is 9.59 Å². The predicted molar refractivity (Wildman–Crippen MR) is 103 cm³/mol. The maximum atomic E-state index is 12.2. The van der Waals surface area contributed by atoms with E-state index >= 15 is 0 Å². The number of benzene rings is 2. The van der Waals surface area contributed by atoms with Crippen LogP contribution in [0.3, 0.4) is 0 Å². The summed E-state index contributed by atoms with van der Waals surface area (Å²) in [4.78, 5) is 26.1. The molecule has 0 aromatic heterocycles. The molecule has 1 fully saturated rings. The van der Waals surface area contributed by atoms with Gasteiger partial charge in [-0.1, -0.05) is 18.2 Å². The van der Waals surface area contributed by atoms with Crippen LogP contribution in [-0.4, -0.2) is 43.5 Å². The van der Waals surface area contributed by atoms with Crippen LogP contribution in [-0.2, 0) is 16.0 Å². The fraction of sp³-hybridized carbons (Fsp3) is 0.333. The van der Waals surface area contributed by atoms with E-state index in [2.05, 4.69) is 5.32 Å². The van der Waals surface area contributed by atoms with E-state index in [1.807, 2.05) is 23.1 Å². The average molecular weight is 368 g/mol. The molecule has 142 valence electrons. The van der Waals surface area contributed by atoms with Crippen LogP contribution in [0.1, 0.15) is 18.4 Å². The molecule has 0 bridgehead atoms. The molecule has 2 amide bonds. The third-order valence-corrected chi connectivity index (χ3v) is 4.46. The number of carbonyl (C=O) groups is 2. The fourth-order valence-corrected chi connectivity index (χ4v) is 3.00. The molecular formula is C21H24N2O4. The Morgan fingerprint density at radius 3 is 2.44 bits per heavy atom. The second-order valence-electron chi connectivity index (χ2n) is 6.48. The first-order valence-corrected chi connectivity index (χ1v) is 9.07. The molecule has 0 saturated carbocycles. The van der Waals surface area contributed by atoms with Crippen molar-refractivity contribution in [1.82, 2.24) is 4.90 Å². The lowest BCUT2D eigenvalue weighted by molar-refractivity contribution is -0.129. The maximum absolute atomic E-state index is 12.2. The zero-order valence-electron chi connectivity index (χ0n) is 15.4. The van der Waals surface area contributed by atoms with Gasteiger partial charge in [-0.05, 0) is 42.7 Å². The van der Waals surface area contributed by atoms with E-state index < -0.39 is 0 Å². The summed E-state index contributed by atoms with van der Waals surface area (Å²) in [5.41, 5.74) is 1.61. The predicted octanol–water partition coefficient (Wildman–Crippen LogP) is 2.88. The van der Waals surface area contributed by atoms with Crippen LogP contribution in [0.15, 0.2) is 48.5 Å². The number of likely N-dealkylation sites (tertiary alicyclic amines) is 1. The Kier molecular flexibility index (Phi) is 6.30. The molecular weight excluding hydrogens is 344 g/mol. The lowest BCUT2D eigenvalue weighted by atomic mass is 10.1. The summed E-state index contributed by atoms with van der Waals surface area (Å²) in [7, 11) is 1.58. The zero-order chi connectivity index (χ0) is 19.1. The molecule has 0 radical (unpaired) electrons. The Balaban J connectivity index is 1.47. The second-order valence-corrected chi connectivity index (χ2v) is 6.48. The summed E-state index contributed by atoms with van der Waals surface area (Å²) in [6, 6.07) is 14.4. The Labute approximate surface area is 159 Å². The third-order valence-electron chi connectivity index (χ3n) is 4.46. The van der Waals surface area contributed by atoms with Crippen LogP contribution in [0.5, 0.6) is 11.5 Å². The van der Waals surface area contributed by atoms with E-state index in [0.717, 1.165) is 31.5 Å². The van der Waals surface area contributed by atoms with E-state index in [1.54, 1.807) is 37.4 Å². The van der Waals surface area contributed by atoms with Crippen molar-refractivity contribution in [3.05, 3.63) is 54.1 Å². The quantitative estimate of drug-likeness (QED) is 0.816. The summed E-state index contributed by atoms with van der Waals surface area (Å²) < 4.78 is 10.6. The van der Waals surface area contributed by atoms with E-state index in [4.69, 9.17) is 9.47 Å². The topological polar surface area (TPSA) is 67.9 Å². The van der Waals surface area contributed by atoms with Gasteiger partial charge < -0.3 is 19.7 Å². The smallest absolute Gasteiger partial charge is 0.262 e. The number of nitrogens with one attached hydrogen (secondary N) is 1. The number of anilines is 1. The molecule has 6 heteroatoms. The number of hydrogen-bond donors (Lipinski definition) is 1. The highest BCUT2D eigenvalue weighted by atomic mass is 16.5. The van der Waals surface area contributed by atoms with Gasteiger partial charge in [-0.25, -0.2) is 0 Å². The lowest BCUT2D eigenvalue weighted by Gasteiger charge is -2.15. The Bertz CT molecular complexity index is 783. The molecule has 1 saturated heterocycles. The van der Waals surface area contributed by atoms with Crippen LogP contribution in [0.2, 0.25) is 0 Å². The number of carbonyl (C=O) groups excluding carboxylic acids is 2. The first-order valence-electron chi connectivity index (χ1n) is 9.07. The van der Waals surface area contributed by atoms with E-state index in [1.165, 1.54) is 0 Å². The summed E-state index contributed by atoms with van der Waals surface area (Å²) in [6.45, 7) is 1.63. The zero-order valence-corrected chi connectivity index (χ0v) is 15.4. The molecule has 27 heavy (non-hydrogen) atoms. The van der Waals surface area contributed by atoms with Crippen molar-refractivity contribution in [2.24, 2.45) is 0 Å². The normalized spacial score (nSPS) is 13.3. The summed E-state index contributed by atoms with van der Waals surface area (Å²) >= 11 is 0. The Hall–Kier alpha value is -3.02. The summed E-state index contributed by atoms with van der Waals surface area (Å²) in [6.07, 6.45) is 2.58. The Morgan fingerprint density at radius 2 is 1.74 bits per heavy atom. The monoisotopic (exact) mass is 368 g/mol. The third kappa shape index (κ3) is 5.48. The van der Waals surface area contributed by atoms with Gasteiger partial charge in [-0.2, -0.15) is 0 Å². The van der Waals surface area contributed by atoms with Crippen LogP contribution < -0.4 is 14.8 Å². The van der Waals surface area contributed by atoms with Crippen LogP contribution >= 0.6 is 0 Å². The summed E-state index contributed by atoms with van der Waals surface area (Å²) in [5, 5.41) is 2.79. The number of nitrogens with zero attached hydrogens (tertiary/aromatic N) is 1. The van der Waals surface area contributed by atoms with Crippen molar-refractivity contribution in [1.29, 1.82) is 0 Å². The lowest BCUT2D eigenvalue weighted by Crippen LogP contribution is -2.29. The van der Waals surface area contributed by atoms with Gasteiger partial charge in [0.05, 0.1) is 13.5 Å². The van der Waals surface area contributed by atoms with Crippen molar-refractivity contribution in [3.63, 3.8) is 0 Å². The van der Waals surface area contributed by atoms with Crippen molar-refractivity contribution in [2.45, 2.75) is 19.3 Å². The molecule has 6 nitrogen and oxygen atoms in total. The second kappa shape index (κ2) is 9.07. The first-order chi connectivity index (χ1) is 13.1. The van der Waals surface area contributed by atoms with Crippen molar-refractivity contribution < 1.29 is 19.1 Å². The molecule has 3 rings (SSSR count). The van der Waals surface area contributed by atoms with Crippen LogP contribution in [0, 0.1) is 0 Å². The molecule has 1 N–H and O–H groups in total. The van der Waals surface area contributed by atoms with Gasteiger partial charge in [-0.15, -0.1) is 0 Å². The number of amides is 2. The standard InChI is InChI=1S/C21H24N2O4/c1-26-18-5-4-6-19(14-18)27-15-20(24)22-17-9-7-16(8-10-17)13-21(25)23-11-2-3-12-23/h4-10,14H,2-3,11-13,15H2,1H3,(H,22,24). The molecule has 0 aliphatic carbocycles. The van der Waals surface area contributed by atoms with Crippen LogP contribution in [0.25, 0.3) is 0 Å². The minimum Gasteiger partial charge on any atom is -0.497 e. The number of rotatable bonds is 7. The van der Waals surface area contributed by atoms with Gasteiger partial charge in [0.25, 0.3) is 5.91 Å². The molecule has 1 heterocycles. The molecule has 0 unspecified atom stereocenters. The largest absolute Gasteiger partial charge is 0.497 e. The molecule has 1 aliphatic rings. The fourth-order valence-electron chi connectivity index (χ4n) is 3.00. The number of hydrogen-bond acceptors (Lipinski definition) is 4. The number of ether oxygens (including phenoxy) is 2. The first kappa shape index (κ1) is 18.8. The average Bonchev–Trinajstić information content (AvgIpc) is 3.23. The van der Waals surface area contributed by atoms with E-state index in [0.29, 0.717) is 23.6 Å². The highest BCUT2D eigenvalue weighted by molar-refractivity contribution is 5.92. The van der Waals surface area contributed by atoms with Crippen molar-refractivity contribution in [3.8, 4) is 11.5 Å². The van der Waals surface area contributed by atoms with Crippen molar-refractivity contribution in [2.75, 3.05) is 32.1 Å². The minimum absolute atomic E-state index is 0.0949. The van der Waals surface area contributed by atoms with Crippen LogP contribution in [0.4, 0.5) is 5.69 Å². The molecule has 2 aromatic rings. The maximum Gasteiger partial charge on any atom is 0.262 e. The molecule has 1 aliphatic heterocycles. The van der Waals surface area contributed by atoms with Gasteiger partial charge in [0.2, 0.25) is 5.91 Å². The summed E-state index contributed by atoms with van der Waals surface area (Å²) in [5.74, 6) is 1.15. The van der Waals surface area contributed by atoms with Gasteiger partial charge in [0, 0.05) is 24.8 Å². The van der Waals surface area contributed by atoms with Gasteiger partial charge in [-0.3, -0.25) is 9.59 Å². The SMILES string of the molecule is COc1cccc(OCC(=O)Nc2ccc(CC(=O)N3CCCC3)cc2)c1. The van der Waals surface area contributed by atoms with Gasteiger partial charge in [0.15, 0.2) is 6.61 Å². The highest BCUT2D eigenvalue weighted by Gasteiger charge is 2.17. The highest BCUT2D eigenvalue weighted by Crippen LogP contribution is 2.19. The molecule has 2 aromatic carbocycles. The Morgan fingerprint density at radius 1 is 1.04 bits per heavy atom. The minimum atomic E-state index is -0.251. The van der Waals surface area contributed by atoms with E-state index in [-0.39, 0.29) is 18.4 Å². The molecule has 0 spiro atoms. The van der Waals surface area contributed by atoms with Crippen molar-refractivity contribution >= 4 is 17.5 Å².